The van der Waals surface area contributed by atoms with Crippen LogP contribution in [0.5, 0.6) is 0 Å². The lowest BCUT2D eigenvalue weighted by Crippen LogP contribution is -2.35. The van der Waals surface area contributed by atoms with E-state index in [1.807, 2.05) is 6.92 Å². The number of hydrogen-bond donors (Lipinski definition) is 1. The number of aromatic nitrogens is 1. The lowest BCUT2D eigenvalue weighted by molar-refractivity contribution is -0.119. The van der Waals surface area contributed by atoms with E-state index in [1.54, 1.807) is 0 Å². The highest BCUT2D eigenvalue weighted by Crippen LogP contribution is 2.24. The number of aliphatic hydroxyl groups excluding tert-OH is 1. The van der Waals surface area contributed by atoms with Crippen molar-refractivity contribution in [3.05, 3.63) is 24.0 Å². The molecule has 96 valence electrons. The second kappa shape index (κ2) is 5.86. The van der Waals surface area contributed by atoms with Crippen LogP contribution < -0.4 is 4.90 Å². The third kappa shape index (κ3) is 4.22. The number of alkyl halides is 3. The van der Waals surface area contributed by atoms with Crippen molar-refractivity contribution in [3.8, 4) is 0 Å². The summed E-state index contributed by atoms with van der Waals surface area (Å²) in [5, 5.41) is 9.09. The molecular weight excluding hydrogens is 233 g/mol. The van der Waals surface area contributed by atoms with Gasteiger partial charge in [-0.3, -0.25) is 4.98 Å². The van der Waals surface area contributed by atoms with Gasteiger partial charge in [-0.15, -0.1) is 0 Å². The van der Waals surface area contributed by atoms with Crippen LogP contribution in [-0.2, 0) is 6.61 Å². The third-order valence-electron chi connectivity index (χ3n) is 2.25. The summed E-state index contributed by atoms with van der Waals surface area (Å²) in [5.41, 5.74) is 0.798. The Bertz CT molecular complexity index is 355. The molecule has 3 nitrogen and oxygen atoms in total. The first-order chi connectivity index (χ1) is 7.98. The molecule has 1 aromatic rings. The number of nitrogens with zero attached hydrogens (tertiary/aromatic N) is 2. The van der Waals surface area contributed by atoms with Gasteiger partial charge in [0.05, 0.1) is 6.61 Å². The van der Waals surface area contributed by atoms with Crippen LogP contribution in [0.3, 0.4) is 0 Å². The molecule has 0 radical (unpaired) electrons. The highest BCUT2D eigenvalue weighted by Gasteiger charge is 2.31. The van der Waals surface area contributed by atoms with Gasteiger partial charge >= 0.3 is 6.18 Å². The molecule has 0 saturated heterocycles. The van der Waals surface area contributed by atoms with Crippen molar-refractivity contribution in [2.45, 2.75) is 26.1 Å². The van der Waals surface area contributed by atoms with Gasteiger partial charge in [-0.05, 0) is 12.5 Å². The van der Waals surface area contributed by atoms with E-state index in [0.717, 1.165) is 0 Å². The van der Waals surface area contributed by atoms with Crippen LogP contribution in [0, 0.1) is 0 Å². The molecule has 0 aromatic carbocycles. The molecule has 0 fully saturated rings. The number of halogens is 3. The van der Waals surface area contributed by atoms with Crippen LogP contribution in [0.1, 0.15) is 18.9 Å². The SMILES string of the molecule is CCCN(CC(F)(F)F)c1ccncc1CO. The fourth-order valence-electron chi connectivity index (χ4n) is 1.62. The van der Waals surface area contributed by atoms with Crippen molar-refractivity contribution in [2.24, 2.45) is 0 Å². The maximum Gasteiger partial charge on any atom is 0.405 e. The minimum atomic E-state index is -4.26. The molecule has 1 heterocycles. The molecule has 0 amide bonds. The smallest absolute Gasteiger partial charge is 0.392 e. The maximum atomic E-state index is 12.4. The molecule has 1 N–H and O–H groups in total. The molecule has 1 rings (SSSR count). The topological polar surface area (TPSA) is 36.4 Å². The predicted molar refractivity (Wildman–Crippen MR) is 58.7 cm³/mol. The van der Waals surface area contributed by atoms with E-state index < -0.39 is 12.7 Å². The average Bonchev–Trinajstić information content (AvgIpc) is 2.27. The standard InChI is InChI=1S/C11H15F3N2O/c1-2-5-16(8-11(12,13)14)10-3-4-15-6-9(10)7-17/h3-4,6,17H,2,5,7-8H2,1H3. The summed E-state index contributed by atoms with van der Waals surface area (Å²) < 4.78 is 37.3. The van der Waals surface area contributed by atoms with E-state index in [0.29, 0.717) is 17.7 Å². The predicted octanol–water partition coefficient (Wildman–Crippen LogP) is 2.35. The zero-order valence-electron chi connectivity index (χ0n) is 9.54. The van der Waals surface area contributed by atoms with Crippen molar-refractivity contribution in [1.29, 1.82) is 0 Å². The monoisotopic (exact) mass is 248 g/mol. The molecule has 0 saturated carbocycles. The van der Waals surface area contributed by atoms with E-state index >= 15 is 0 Å². The molecule has 0 aliphatic heterocycles. The Hall–Kier alpha value is -1.30. The molecular formula is C11H15F3N2O. The van der Waals surface area contributed by atoms with E-state index in [4.69, 9.17) is 5.11 Å². The van der Waals surface area contributed by atoms with Crippen molar-refractivity contribution in [1.82, 2.24) is 4.98 Å². The molecule has 0 aliphatic carbocycles. The summed E-state index contributed by atoms with van der Waals surface area (Å²) in [5.74, 6) is 0. The second-order valence-corrected chi connectivity index (χ2v) is 3.70. The Morgan fingerprint density at radius 3 is 2.65 bits per heavy atom. The fourth-order valence-corrected chi connectivity index (χ4v) is 1.62. The number of pyridine rings is 1. The first-order valence-electron chi connectivity index (χ1n) is 5.33. The average molecular weight is 248 g/mol. The molecule has 0 aliphatic rings. The number of hydrogen-bond acceptors (Lipinski definition) is 3. The van der Waals surface area contributed by atoms with Gasteiger partial charge in [0.25, 0.3) is 0 Å². The highest BCUT2D eigenvalue weighted by atomic mass is 19.4. The normalized spacial score (nSPS) is 11.6. The Morgan fingerprint density at radius 1 is 1.41 bits per heavy atom. The molecule has 0 spiro atoms. The number of rotatable bonds is 5. The molecule has 0 bridgehead atoms. The number of aliphatic hydroxyl groups is 1. The van der Waals surface area contributed by atoms with E-state index in [9.17, 15) is 13.2 Å². The Balaban J connectivity index is 2.96. The van der Waals surface area contributed by atoms with Gasteiger partial charge in [-0.2, -0.15) is 13.2 Å². The summed E-state index contributed by atoms with van der Waals surface area (Å²) in [4.78, 5) is 5.00. The van der Waals surface area contributed by atoms with Crippen LogP contribution in [0.2, 0.25) is 0 Å². The van der Waals surface area contributed by atoms with Crippen LogP contribution in [-0.4, -0.2) is 29.4 Å². The molecule has 0 unspecified atom stereocenters. The zero-order valence-corrected chi connectivity index (χ0v) is 9.54. The van der Waals surface area contributed by atoms with Crippen molar-refractivity contribution in [3.63, 3.8) is 0 Å². The lowest BCUT2D eigenvalue weighted by atomic mass is 10.2. The van der Waals surface area contributed by atoms with Crippen LogP contribution in [0.25, 0.3) is 0 Å². The summed E-state index contributed by atoms with van der Waals surface area (Å²) in [6.07, 6.45) is -0.851. The zero-order chi connectivity index (χ0) is 12.9. The largest absolute Gasteiger partial charge is 0.405 e. The van der Waals surface area contributed by atoms with E-state index in [2.05, 4.69) is 4.98 Å². The van der Waals surface area contributed by atoms with Crippen LogP contribution in [0.15, 0.2) is 18.5 Å². The Morgan fingerprint density at radius 2 is 2.12 bits per heavy atom. The summed E-state index contributed by atoms with van der Waals surface area (Å²) in [7, 11) is 0. The minimum Gasteiger partial charge on any atom is -0.392 e. The van der Waals surface area contributed by atoms with Crippen LogP contribution in [0.4, 0.5) is 18.9 Å². The summed E-state index contributed by atoms with van der Waals surface area (Å²) in [6, 6.07) is 1.49. The summed E-state index contributed by atoms with van der Waals surface area (Å²) >= 11 is 0. The Labute approximate surface area is 97.9 Å². The quantitative estimate of drug-likeness (QED) is 0.869. The van der Waals surface area contributed by atoms with Gasteiger partial charge in [0.15, 0.2) is 0 Å². The van der Waals surface area contributed by atoms with Gasteiger partial charge in [0, 0.05) is 30.2 Å². The van der Waals surface area contributed by atoms with Gasteiger partial charge in [-0.1, -0.05) is 6.92 Å². The van der Waals surface area contributed by atoms with E-state index in [-0.39, 0.29) is 13.2 Å². The molecule has 1 aromatic heterocycles. The minimum absolute atomic E-state index is 0.288. The van der Waals surface area contributed by atoms with Crippen molar-refractivity contribution < 1.29 is 18.3 Å². The summed E-state index contributed by atoms with van der Waals surface area (Å²) in [6.45, 7) is 0.763. The Kier molecular flexibility index (Phi) is 4.74. The molecule has 6 heteroatoms. The second-order valence-electron chi connectivity index (χ2n) is 3.70. The highest BCUT2D eigenvalue weighted by molar-refractivity contribution is 5.52. The van der Waals surface area contributed by atoms with Gasteiger partial charge < -0.3 is 10.0 Å². The van der Waals surface area contributed by atoms with Gasteiger partial charge in [0.2, 0.25) is 0 Å². The van der Waals surface area contributed by atoms with Gasteiger partial charge in [-0.25, -0.2) is 0 Å². The van der Waals surface area contributed by atoms with E-state index in [1.165, 1.54) is 23.4 Å². The molecule has 0 atom stereocenters. The lowest BCUT2D eigenvalue weighted by Gasteiger charge is -2.27. The van der Waals surface area contributed by atoms with Crippen molar-refractivity contribution >= 4 is 5.69 Å². The van der Waals surface area contributed by atoms with Gasteiger partial charge in [0.1, 0.15) is 6.54 Å². The first kappa shape index (κ1) is 13.8. The fraction of sp³-hybridized carbons (Fsp3) is 0.545. The van der Waals surface area contributed by atoms with Crippen molar-refractivity contribution in [2.75, 3.05) is 18.0 Å². The molecule has 17 heavy (non-hydrogen) atoms. The first-order valence-corrected chi connectivity index (χ1v) is 5.33. The number of anilines is 1. The van der Waals surface area contributed by atoms with Crippen LogP contribution >= 0.6 is 0 Å². The maximum absolute atomic E-state index is 12.4. The third-order valence-corrected chi connectivity index (χ3v) is 2.25.